The zero-order valence-electron chi connectivity index (χ0n) is 12.0. The van der Waals surface area contributed by atoms with Gasteiger partial charge < -0.3 is 10.5 Å². The summed E-state index contributed by atoms with van der Waals surface area (Å²) < 4.78 is 5.68. The monoisotopic (exact) mass is 311 g/mol. The first-order valence-corrected chi connectivity index (χ1v) is 7.18. The third-order valence-electron chi connectivity index (χ3n) is 2.70. The molecule has 0 spiro atoms. The molecule has 0 bridgehead atoms. The number of hydrazone groups is 1. The molecular formula is C17H17N3OS. The van der Waals surface area contributed by atoms with Crippen LogP contribution in [0.25, 0.3) is 6.08 Å². The van der Waals surface area contributed by atoms with Crippen molar-refractivity contribution in [2.45, 2.75) is 0 Å². The average molecular weight is 311 g/mol. The highest BCUT2D eigenvalue weighted by molar-refractivity contribution is 7.80. The zero-order chi connectivity index (χ0) is 15.6. The van der Waals surface area contributed by atoms with E-state index in [4.69, 9.17) is 10.5 Å². The van der Waals surface area contributed by atoms with E-state index in [1.165, 1.54) is 0 Å². The van der Waals surface area contributed by atoms with E-state index < -0.39 is 0 Å². The lowest BCUT2D eigenvalue weighted by Crippen LogP contribution is -2.23. The van der Waals surface area contributed by atoms with Crippen molar-refractivity contribution in [1.82, 2.24) is 5.43 Å². The highest BCUT2D eigenvalue weighted by atomic mass is 32.1. The molecule has 0 atom stereocenters. The molecule has 22 heavy (non-hydrogen) atoms. The van der Waals surface area contributed by atoms with Crippen molar-refractivity contribution in [2.75, 3.05) is 6.61 Å². The van der Waals surface area contributed by atoms with Crippen LogP contribution in [0.1, 0.15) is 11.1 Å². The fraction of sp³-hybridized carbons (Fsp3) is 0.0588. The molecule has 0 heterocycles. The Morgan fingerprint density at radius 1 is 1.14 bits per heavy atom. The van der Waals surface area contributed by atoms with E-state index in [0.29, 0.717) is 6.61 Å². The number of rotatable bonds is 6. The van der Waals surface area contributed by atoms with Gasteiger partial charge in [0.2, 0.25) is 0 Å². The van der Waals surface area contributed by atoms with Crippen molar-refractivity contribution < 1.29 is 4.74 Å². The maximum atomic E-state index is 5.68. The summed E-state index contributed by atoms with van der Waals surface area (Å²) in [5, 5.41) is 4.04. The Kier molecular flexibility index (Phi) is 6.14. The number of thiocarbonyl (C=S) groups is 1. The number of hydrogen-bond donors (Lipinski definition) is 2. The summed E-state index contributed by atoms with van der Waals surface area (Å²) in [6.45, 7) is 0.501. The molecule has 2 aromatic carbocycles. The van der Waals surface area contributed by atoms with E-state index in [2.05, 4.69) is 22.7 Å². The summed E-state index contributed by atoms with van der Waals surface area (Å²) in [5.41, 5.74) is 9.85. The summed E-state index contributed by atoms with van der Waals surface area (Å²) in [6.07, 6.45) is 5.63. The molecule has 2 rings (SSSR count). The van der Waals surface area contributed by atoms with Crippen molar-refractivity contribution in [3.63, 3.8) is 0 Å². The molecule has 3 N–H and O–H groups in total. The largest absolute Gasteiger partial charge is 0.490 e. The van der Waals surface area contributed by atoms with Gasteiger partial charge in [-0.1, -0.05) is 48.5 Å². The summed E-state index contributed by atoms with van der Waals surface area (Å²) in [7, 11) is 0. The second kappa shape index (κ2) is 8.59. The Bertz CT molecular complexity index is 669. The van der Waals surface area contributed by atoms with Gasteiger partial charge in [-0.2, -0.15) is 5.10 Å². The summed E-state index contributed by atoms with van der Waals surface area (Å²) >= 11 is 4.67. The minimum Gasteiger partial charge on any atom is -0.490 e. The first-order valence-electron chi connectivity index (χ1n) is 6.77. The molecule has 0 amide bonds. The van der Waals surface area contributed by atoms with E-state index >= 15 is 0 Å². The van der Waals surface area contributed by atoms with Crippen LogP contribution in [0.3, 0.4) is 0 Å². The van der Waals surface area contributed by atoms with Gasteiger partial charge in [0.25, 0.3) is 0 Å². The van der Waals surface area contributed by atoms with Crippen molar-refractivity contribution in [3.05, 3.63) is 71.8 Å². The van der Waals surface area contributed by atoms with Crippen LogP contribution in [0.2, 0.25) is 0 Å². The lowest BCUT2D eigenvalue weighted by atomic mass is 10.2. The highest BCUT2D eigenvalue weighted by Gasteiger charge is 1.94. The predicted molar refractivity (Wildman–Crippen MR) is 94.9 cm³/mol. The lowest BCUT2D eigenvalue weighted by molar-refractivity contribution is 0.363. The third kappa shape index (κ3) is 5.76. The van der Waals surface area contributed by atoms with Gasteiger partial charge in [0.05, 0.1) is 6.21 Å². The lowest BCUT2D eigenvalue weighted by Gasteiger charge is -2.04. The van der Waals surface area contributed by atoms with Gasteiger partial charge in [-0.25, -0.2) is 0 Å². The summed E-state index contributed by atoms with van der Waals surface area (Å²) in [4.78, 5) is 0. The number of benzene rings is 2. The number of nitrogens with one attached hydrogen (secondary N) is 1. The summed E-state index contributed by atoms with van der Waals surface area (Å²) in [5.74, 6) is 0.775. The van der Waals surface area contributed by atoms with Gasteiger partial charge in [0.1, 0.15) is 12.4 Å². The maximum absolute atomic E-state index is 5.68. The second-order valence-electron chi connectivity index (χ2n) is 4.43. The fourth-order valence-electron chi connectivity index (χ4n) is 1.75. The van der Waals surface area contributed by atoms with Gasteiger partial charge in [0.15, 0.2) is 5.11 Å². The molecule has 5 heteroatoms. The Morgan fingerprint density at radius 2 is 1.91 bits per heavy atom. The number of nitrogens with zero attached hydrogens (tertiary/aromatic N) is 1. The molecule has 2 aromatic rings. The minimum absolute atomic E-state index is 0.134. The zero-order valence-corrected chi connectivity index (χ0v) is 12.8. The van der Waals surface area contributed by atoms with Crippen LogP contribution < -0.4 is 15.9 Å². The van der Waals surface area contributed by atoms with Gasteiger partial charge in [-0.15, -0.1) is 0 Å². The third-order valence-corrected chi connectivity index (χ3v) is 2.79. The van der Waals surface area contributed by atoms with Crippen molar-refractivity contribution in [3.8, 4) is 5.75 Å². The van der Waals surface area contributed by atoms with Gasteiger partial charge in [-0.3, -0.25) is 5.43 Å². The quantitative estimate of drug-likeness (QED) is 0.489. The van der Waals surface area contributed by atoms with Crippen LogP contribution in [0.4, 0.5) is 0 Å². The van der Waals surface area contributed by atoms with E-state index in [-0.39, 0.29) is 5.11 Å². The topological polar surface area (TPSA) is 59.6 Å². The fourth-order valence-corrected chi connectivity index (χ4v) is 1.80. The first kappa shape index (κ1) is 15.7. The molecule has 0 unspecified atom stereocenters. The van der Waals surface area contributed by atoms with Crippen LogP contribution in [0, 0.1) is 0 Å². The van der Waals surface area contributed by atoms with E-state index in [9.17, 15) is 0 Å². The van der Waals surface area contributed by atoms with Gasteiger partial charge in [0, 0.05) is 0 Å². The van der Waals surface area contributed by atoms with Crippen molar-refractivity contribution >= 4 is 29.6 Å². The van der Waals surface area contributed by atoms with Crippen LogP contribution in [-0.4, -0.2) is 17.9 Å². The second-order valence-corrected chi connectivity index (χ2v) is 4.87. The van der Waals surface area contributed by atoms with E-state index in [1.54, 1.807) is 6.21 Å². The Morgan fingerprint density at radius 3 is 2.68 bits per heavy atom. The van der Waals surface area contributed by atoms with Crippen LogP contribution in [-0.2, 0) is 0 Å². The van der Waals surface area contributed by atoms with Crippen molar-refractivity contribution in [1.29, 1.82) is 0 Å². The molecule has 4 nitrogen and oxygen atoms in total. The summed E-state index contributed by atoms with van der Waals surface area (Å²) in [6, 6.07) is 17.7. The molecule has 0 aliphatic heterocycles. The number of hydrogen-bond acceptors (Lipinski definition) is 3. The normalized spacial score (nSPS) is 10.9. The Labute approximate surface area is 135 Å². The molecule has 0 fully saturated rings. The van der Waals surface area contributed by atoms with E-state index in [0.717, 1.165) is 16.9 Å². The average Bonchev–Trinajstić information content (AvgIpc) is 2.53. The highest BCUT2D eigenvalue weighted by Crippen LogP contribution is 2.12. The van der Waals surface area contributed by atoms with Crippen LogP contribution in [0.5, 0.6) is 5.75 Å². The Balaban J connectivity index is 1.86. The van der Waals surface area contributed by atoms with Gasteiger partial charge in [-0.05, 0) is 41.6 Å². The molecule has 0 aliphatic carbocycles. The first-order chi connectivity index (χ1) is 10.7. The van der Waals surface area contributed by atoms with Gasteiger partial charge >= 0.3 is 0 Å². The molecule has 0 saturated heterocycles. The maximum Gasteiger partial charge on any atom is 0.184 e. The van der Waals surface area contributed by atoms with Crippen molar-refractivity contribution in [2.24, 2.45) is 10.8 Å². The molecule has 0 radical (unpaired) electrons. The smallest absolute Gasteiger partial charge is 0.184 e. The number of nitrogens with two attached hydrogens (primary N) is 1. The molecular weight excluding hydrogens is 294 g/mol. The molecule has 0 aromatic heterocycles. The van der Waals surface area contributed by atoms with Crippen LogP contribution in [0.15, 0.2) is 65.8 Å². The molecule has 0 saturated carbocycles. The SMILES string of the molecule is NC(=S)NN=Cc1cccc(OCC=Cc2ccccc2)c1. The number of ether oxygens (including phenoxy) is 1. The van der Waals surface area contributed by atoms with E-state index in [1.807, 2.05) is 66.7 Å². The Hall–Kier alpha value is -2.66. The van der Waals surface area contributed by atoms with Crippen LogP contribution >= 0.6 is 12.2 Å². The molecule has 112 valence electrons. The predicted octanol–water partition coefficient (Wildman–Crippen LogP) is 2.95. The standard InChI is InChI=1S/C17H17N3OS/c18-17(22)20-19-13-15-8-4-10-16(12-15)21-11-5-9-14-6-2-1-3-7-14/h1-10,12-13H,11H2,(H3,18,20,22). The molecule has 0 aliphatic rings. The minimum atomic E-state index is 0.134.